The highest BCUT2D eigenvalue weighted by Crippen LogP contribution is 2.20. The highest BCUT2D eigenvalue weighted by Gasteiger charge is 2.04. The van der Waals surface area contributed by atoms with Crippen molar-refractivity contribution in [1.29, 1.82) is 0 Å². The normalized spacial score (nSPS) is 12.1. The maximum atomic E-state index is 9.73. The van der Waals surface area contributed by atoms with E-state index in [9.17, 15) is 5.11 Å². The third-order valence-electron chi connectivity index (χ3n) is 3.62. The third-order valence-corrected chi connectivity index (χ3v) is 3.62. The van der Waals surface area contributed by atoms with Crippen LogP contribution in [0.3, 0.4) is 0 Å². The molecule has 2 nitrogen and oxygen atoms in total. The lowest BCUT2D eigenvalue weighted by Crippen LogP contribution is -1.99. The molecule has 2 heteroatoms. The summed E-state index contributed by atoms with van der Waals surface area (Å²) >= 11 is 0. The van der Waals surface area contributed by atoms with Crippen LogP contribution in [0, 0.1) is 0 Å². The topological polar surface area (TPSA) is 29.5 Å². The van der Waals surface area contributed by atoms with Gasteiger partial charge in [-0.25, -0.2) is 0 Å². The van der Waals surface area contributed by atoms with E-state index in [0.29, 0.717) is 0 Å². The maximum Gasteiger partial charge on any atom is 0.119 e. The van der Waals surface area contributed by atoms with Crippen LogP contribution in [-0.2, 0) is 6.42 Å². The fraction of sp³-hybridized carbons (Fsp3) is 0.368. The molecule has 0 saturated carbocycles. The monoisotopic (exact) mass is 284 g/mol. The van der Waals surface area contributed by atoms with Gasteiger partial charge in [0, 0.05) is 0 Å². The quantitative estimate of drug-likeness (QED) is 0.722. The van der Waals surface area contributed by atoms with Gasteiger partial charge in [-0.1, -0.05) is 49.4 Å². The van der Waals surface area contributed by atoms with Crippen molar-refractivity contribution in [3.63, 3.8) is 0 Å². The SMILES string of the molecule is CC[C@H](O)c1ccc(OCCCCc2ccccc2)cc1. The van der Waals surface area contributed by atoms with Crippen molar-refractivity contribution in [2.75, 3.05) is 6.61 Å². The molecule has 0 aliphatic rings. The van der Waals surface area contributed by atoms with Crippen LogP contribution in [-0.4, -0.2) is 11.7 Å². The van der Waals surface area contributed by atoms with Crippen molar-refractivity contribution < 1.29 is 9.84 Å². The first-order valence-corrected chi connectivity index (χ1v) is 7.74. The number of aliphatic hydroxyl groups is 1. The minimum absolute atomic E-state index is 0.370. The van der Waals surface area contributed by atoms with E-state index in [1.165, 1.54) is 5.56 Å². The molecule has 0 saturated heterocycles. The molecule has 2 aromatic rings. The second-order valence-corrected chi connectivity index (χ2v) is 5.28. The fourth-order valence-corrected chi connectivity index (χ4v) is 2.29. The first-order chi connectivity index (χ1) is 10.3. The molecular weight excluding hydrogens is 260 g/mol. The van der Waals surface area contributed by atoms with E-state index in [0.717, 1.165) is 43.6 Å². The van der Waals surface area contributed by atoms with E-state index in [2.05, 4.69) is 24.3 Å². The molecule has 2 aromatic carbocycles. The van der Waals surface area contributed by atoms with Gasteiger partial charge >= 0.3 is 0 Å². The van der Waals surface area contributed by atoms with E-state index in [1.807, 2.05) is 37.3 Å². The first-order valence-electron chi connectivity index (χ1n) is 7.74. The van der Waals surface area contributed by atoms with Gasteiger partial charge in [0.25, 0.3) is 0 Å². The summed E-state index contributed by atoms with van der Waals surface area (Å²) in [6.45, 7) is 2.71. The first kappa shape index (κ1) is 15.6. The van der Waals surface area contributed by atoms with Gasteiger partial charge in [0.05, 0.1) is 12.7 Å². The van der Waals surface area contributed by atoms with E-state index in [-0.39, 0.29) is 6.10 Å². The van der Waals surface area contributed by atoms with Crippen LogP contribution in [0.1, 0.15) is 43.4 Å². The van der Waals surface area contributed by atoms with Gasteiger partial charge in [-0.3, -0.25) is 0 Å². The van der Waals surface area contributed by atoms with Gasteiger partial charge < -0.3 is 9.84 Å². The standard InChI is InChI=1S/C19H24O2/c1-2-19(20)17-11-13-18(14-12-17)21-15-7-6-10-16-8-4-3-5-9-16/h3-5,8-9,11-14,19-20H,2,6-7,10,15H2,1H3/t19-/m0/s1. The molecule has 0 heterocycles. The summed E-state index contributed by atoms with van der Waals surface area (Å²) in [4.78, 5) is 0. The number of aryl methyl sites for hydroxylation is 1. The molecule has 0 fully saturated rings. The van der Waals surface area contributed by atoms with Crippen LogP contribution in [0.4, 0.5) is 0 Å². The molecule has 0 aliphatic carbocycles. The molecule has 2 rings (SSSR count). The van der Waals surface area contributed by atoms with Crippen molar-refractivity contribution in [2.24, 2.45) is 0 Å². The van der Waals surface area contributed by atoms with Crippen LogP contribution in [0.5, 0.6) is 5.75 Å². The Balaban J connectivity index is 1.67. The van der Waals surface area contributed by atoms with Crippen molar-refractivity contribution >= 4 is 0 Å². The summed E-state index contributed by atoms with van der Waals surface area (Å²) in [5.74, 6) is 0.877. The van der Waals surface area contributed by atoms with Crippen molar-refractivity contribution in [3.8, 4) is 5.75 Å². The van der Waals surface area contributed by atoms with Crippen LogP contribution in [0.25, 0.3) is 0 Å². The highest BCUT2D eigenvalue weighted by atomic mass is 16.5. The van der Waals surface area contributed by atoms with Gasteiger partial charge in [0.2, 0.25) is 0 Å². The van der Waals surface area contributed by atoms with Crippen LogP contribution in [0.15, 0.2) is 54.6 Å². The molecule has 0 bridgehead atoms. The molecule has 1 N–H and O–H groups in total. The second-order valence-electron chi connectivity index (χ2n) is 5.28. The summed E-state index contributed by atoms with van der Waals surface area (Å²) in [5, 5.41) is 9.73. The summed E-state index contributed by atoms with van der Waals surface area (Å²) in [5.41, 5.74) is 2.34. The van der Waals surface area contributed by atoms with Gasteiger partial charge in [-0.2, -0.15) is 0 Å². The Hall–Kier alpha value is -1.80. The molecule has 21 heavy (non-hydrogen) atoms. The Labute approximate surface area is 127 Å². The number of rotatable bonds is 8. The lowest BCUT2D eigenvalue weighted by Gasteiger charge is -2.10. The van der Waals surface area contributed by atoms with Crippen LogP contribution >= 0.6 is 0 Å². The number of benzene rings is 2. The Morgan fingerprint density at radius 3 is 2.33 bits per heavy atom. The zero-order chi connectivity index (χ0) is 14.9. The van der Waals surface area contributed by atoms with E-state index < -0.39 is 0 Å². The summed E-state index contributed by atoms with van der Waals surface area (Å²) in [6.07, 6.45) is 3.65. The Morgan fingerprint density at radius 2 is 1.67 bits per heavy atom. The van der Waals surface area contributed by atoms with Crippen LogP contribution < -0.4 is 4.74 Å². The molecule has 1 atom stereocenters. The highest BCUT2D eigenvalue weighted by molar-refractivity contribution is 5.28. The van der Waals surface area contributed by atoms with E-state index >= 15 is 0 Å². The molecule has 0 aliphatic heterocycles. The molecule has 0 spiro atoms. The average molecular weight is 284 g/mol. The van der Waals surface area contributed by atoms with Crippen molar-refractivity contribution in [3.05, 3.63) is 65.7 Å². The number of ether oxygens (including phenoxy) is 1. The molecule has 0 unspecified atom stereocenters. The van der Waals surface area contributed by atoms with E-state index in [1.54, 1.807) is 0 Å². The Kier molecular flexibility index (Phi) is 6.29. The summed E-state index contributed by atoms with van der Waals surface area (Å²) in [7, 11) is 0. The zero-order valence-electron chi connectivity index (χ0n) is 12.7. The minimum atomic E-state index is -0.370. The predicted molar refractivity (Wildman–Crippen MR) is 86.6 cm³/mol. The van der Waals surface area contributed by atoms with Crippen molar-refractivity contribution in [1.82, 2.24) is 0 Å². The lowest BCUT2D eigenvalue weighted by molar-refractivity contribution is 0.173. The largest absolute Gasteiger partial charge is 0.494 e. The third kappa shape index (κ3) is 5.24. The van der Waals surface area contributed by atoms with Gasteiger partial charge in [-0.05, 0) is 48.9 Å². The number of unbranched alkanes of at least 4 members (excludes halogenated alkanes) is 1. The summed E-state index contributed by atoms with van der Waals surface area (Å²) in [6, 6.07) is 18.3. The number of aliphatic hydroxyl groups excluding tert-OH is 1. The van der Waals surface area contributed by atoms with Gasteiger partial charge in [0.15, 0.2) is 0 Å². The minimum Gasteiger partial charge on any atom is -0.494 e. The molecule has 0 amide bonds. The molecular formula is C19H24O2. The average Bonchev–Trinajstić information content (AvgIpc) is 2.55. The summed E-state index contributed by atoms with van der Waals surface area (Å²) < 4.78 is 5.73. The molecule has 0 aromatic heterocycles. The zero-order valence-corrected chi connectivity index (χ0v) is 12.7. The molecule has 0 radical (unpaired) electrons. The predicted octanol–water partition coefficient (Wildman–Crippen LogP) is 4.53. The van der Waals surface area contributed by atoms with Crippen LogP contribution in [0.2, 0.25) is 0 Å². The smallest absolute Gasteiger partial charge is 0.119 e. The van der Waals surface area contributed by atoms with Gasteiger partial charge in [0.1, 0.15) is 5.75 Å². The second kappa shape index (κ2) is 8.48. The van der Waals surface area contributed by atoms with Crippen molar-refractivity contribution in [2.45, 2.75) is 38.7 Å². The lowest BCUT2D eigenvalue weighted by atomic mass is 10.1. The maximum absolute atomic E-state index is 9.73. The Morgan fingerprint density at radius 1 is 0.952 bits per heavy atom. The van der Waals surface area contributed by atoms with Gasteiger partial charge in [-0.15, -0.1) is 0 Å². The fourth-order valence-electron chi connectivity index (χ4n) is 2.29. The number of hydrogen-bond acceptors (Lipinski definition) is 2. The number of hydrogen-bond donors (Lipinski definition) is 1. The Bertz CT molecular complexity index is 505. The molecule has 112 valence electrons. The van der Waals surface area contributed by atoms with E-state index in [4.69, 9.17) is 4.74 Å².